The molecule has 0 spiro atoms. The molecule has 1 aromatic carbocycles. The number of halogens is 1. The predicted octanol–water partition coefficient (Wildman–Crippen LogP) is 1.83. The molecule has 1 aliphatic rings. The van der Waals surface area contributed by atoms with Crippen LogP contribution in [0.25, 0.3) is 0 Å². The summed E-state index contributed by atoms with van der Waals surface area (Å²) in [5, 5.41) is 12.7. The molecular weight excluding hydrogens is 275 g/mol. The number of benzene rings is 1. The van der Waals surface area contributed by atoms with E-state index in [4.69, 9.17) is 0 Å². The van der Waals surface area contributed by atoms with Crippen LogP contribution >= 0.6 is 0 Å². The highest BCUT2D eigenvalue weighted by Gasteiger charge is 2.38. The number of urea groups is 1. The number of β-amino-alcohol motifs (C(OH)–C–C–N with tert-alkyl or cyclic N) is 1. The van der Waals surface area contributed by atoms with Crippen molar-refractivity contribution in [1.82, 2.24) is 10.2 Å². The Hall–Kier alpha value is -1.95. The first-order valence-electron chi connectivity index (χ1n) is 6.94. The smallest absolute Gasteiger partial charge is 0.324 e. The van der Waals surface area contributed by atoms with E-state index in [1.54, 1.807) is 6.07 Å². The average Bonchev–Trinajstić information content (AvgIpc) is 2.65. The van der Waals surface area contributed by atoms with Crippen LogP contribution in [0.2, 0.25) is 0 Å². The summed E-state index contributed by atoms with van der Waals surface area (Å²) in [6.45, 7) is 3.75. The number of nitrogens with zero attached hydrogens (tertiary/aromatic N) is 1. The van der Waals surface area contributed by atoms with E-state index in [1.165, 1.54) is 18.2 Å². The molecule has 0 saturated carbocycles. The lowest BCUT2D eigenvalue weighted by molar-refractivity contribution is -0.128. The highest BCUT2D eigenvalue weighted by molar-refractivity contribution is 6.04. The molecule has 114 valence electrons. The van der Waals surface area contributed by atoms with Crippen LogP contribution in [0.3, 0.4) is 0 Å². The number of rotatable bonds is 5. The van der Waals surface area contributed by atoms with E-state index in [-0.39, 0.29) is 18.4 Å². The number of hydrogen-bond acceptors (Lipinski definition) is 3. The highest BCUT2D eigenvalue weighted by atomic mass is 19.1. The van der Waals surface area contributed by atoms with Gasteiger partial charge in [-0.05, 0) is 30.0 Å². The number of imide groups is 1. The molecule has 2 unspecified atom stereocenters. The van der Waals surface area contributed by atoms with Crippen molar-refractivity contribution in [3.8, 4) is 0 Å². The van der Waals surface area contributed by atoms with Gasteiger partial charge in [-0.25, -0.2) is 9.18 Å². The number of aliphatic hydroxyl groups is 1. The molecule has 5 nitrogen and oxygen atoms in total. The lowest BCUT2D eigenvalue weighted by atomic mass is 10.0. The maximum atomic E-state index is 13.1. The zero-order valence-electron chi connectivity index (χ0n) is 12.0. The Morgan fingerprint density at radius 3 is 2.71 bits per heavy atom. The molecule has 2 rings (SSSR count). The minimum atomic E-state index is -1.10. The van der Waals surface area contributed by atoms with E-state index in [1.807, 2.05) is 13.8 Å². The Bertz CT molecular complexity index is 547. The van der Waals surface area contributed by atoms with Gasteiger partial charge >= 0.3 is 6.03 Å². The van der Waals surface area contributed by atoms with Crippen LogP contribution in [0.1, 0.15) is 31.9 Å². The van der Waals surface area contributed by atoms with E-state index >= 15 is 0 Å². The number of amides is 3. The summed E-state index contributed by atoms with van der Waals surface area (Å²) in [4.78, 5) is 25.0. The lowest BCUT2D eigenvalue weighted by Gasteiger charge is -2.18. The molecule has 2 N–H and O–H groups in total. The number of nitrogens with one attached hydrogen (secondary N) is 1. The van der Waals surface area contributed by atoms with Crippen LogP contribution in [-0.4, -0.2) is 34.5 Å². The van der Waals surface area contributed by atoms with Crippen molar-refractivity contribution in [3.05, 3.63) is 35.6 Å². The largest absolute Gasteiger partial charge is 0.387 e. The number of hydrogen-bond donors (Lipinski definition) is 2. The summed E-state index contributed by atoms with van der Waals surface area (Å²) < 4.78 is 13.1. The topological polar surface area (TPSA) is 69.6 Å². The normalized spacial score (nSPS) is 20.0. The first-order valence-corrected chi connectivity index (χ1v) is 6.94. The van der Waals surface area contributed by atoms with Crippen molar-refractivity contribution in [1.29, 1.82) is 0 Å². The molecule has 21 heavy (non-hydrogen) atoms. The number of carbonyl (C=O) groups excluding carboxylic acids is 2. The van der Waals surface area contributed by atoms with Gasteiger partial charge in [0.25, 0.3) is 5.91 Å². The van der Waals surface area contributed by atoms with Crippen molar-refractivity contribution < 1.29 is 19.1 Å². The van der Waals surface area contributed by atoms with E-state index < -0.39 is 24.0 Å². The minimum Gasteiger partial charge on any atom is -0.387 e. The van der Waals surface area contributed by atoms with Crippen LogP contribution in [0, 0.1) is 11.7 Å². The number of aliphatic hydroxyl groups excluding tert-OH is 1. The van der Waals surface area contributed by atoms with Crippen molar-refractivity contribution in [2.45, 2.75) is 32.4 Å². The van der Waals surface area contributed by atoms with E-state index in [0.717, 1.165) is 4.90 Å². The van der Waals surface area contributed by atoms with Gasteiger partial charge in [0.2, 0.25) is 0 Å². The second kappa shape index (κ2) is 6.22. The third-order valence-electron chi connectivity index (χ3n) is 3.40. The quantitative estimate of drug-likeness (QED) is 0.814. The Labute approximate surface area is 122 Å². The maximum absolute atomic E-state index is 13.1. The second-order valence-corrected chi connectivity index (χ2v) is 5.65. The Kier molecular flexibility index (Phi) is 4.57. The van der Waals surface area contributed by atoms with Crippen LogP contribution in [0.5, 0.6) is 0 Å². The third-order valence-corrected chi connectivity index (χ3v) is 3.40. The van der Waals surface area contributed by atoms with E-state index in [0.29, 0.717) is 12.0 Å². The fraction of sp³-hybridized carbons (Fsp3) is 0.467. The zero-order chi connectivity index (χ0) is 15.6. The van der Waals surface area contributed by atoms with E-state index in [2.05, 4.69) is 5.32 Å². The molecule has 1 heterocycles. The molecule has 0 bridgehead atoms. The molecule has 1 aliphatic heterocycles. The predicted molar refractivity (Wildman–Crippen MR) is 74.8 cm³/mol. The molecule has 0 aromatic heterocycles. The highest BCUT2D eigenvalue weighted by Crippen LogP contribution is 2.20. The summed E-state index contributed by atoms with van der Waals surface area (Å²) >= 11 is 0. The Morgan fingerprint density at radius 1 is 1.38 bits per heavy atom. The number of carbonyl (C=O) groups is 2. The second-order valence-electron chi connectivity index (χ2n) is 5.65. The summed E-state index contributed by atoms with van der Waals surface area (Å²) in [6, 6.07) is 4.43. The van der Waals surface area contributed by atoms with Crippen LogP contribution in [0.15, 0.2) is 24.3 Å². The molecule has 0 aliphatic carbocycles. The van der Waals surface area contributed by atoms with Gasteiger partial charge in [0, 0.05) is 0 Å². The van der Waals surface area contributed by atoms with Gasteiger partial charge in [-0.1, -0.05) is 26.0 Å². The molecule has 3 amide bonds. The van der Waals surface area contributed by atoms with Crippen LogP contribution in [0.4, 0.5) is 9.18 Å². The molecule has 0 radical (unpaired) electrons. The molecule has 1 fully saturated rings. The van der Waals surface area contributed by atoms with Crippen molar-refractivity contribution >= 4 is 11.9 Å². The van der Waals surface area contributed by atoms with Gasteiger partial charge in [0.05, 0.1) is 12.6 Å². The summed E-state index contributed by atoms with van der Waals surface area (Å²) in [7, 11) is 0. The Balaban J connectivity index is 2.05. The van der Waals surface area contributed by atoms with Gasteiger partial charge in [-0.15, -0.1) is 0 Å². The summed E-state index contributed by atoms with van der Waals surface area (Å²) in [5.41, 5.74) is 0.336. The van der Waals surface area contributed by atoms with Crippen molar-refractivity contribution in [2.75, 3.05) is 6.54 Å². The fourth-order valence-electron chi connectivity index (χ4n) is 2.37. The van der Waals surface area contributed by atoms with E-state index in [9.17, 15) is 19.1 Å². The van der Waals surface area contributed by atoms with Gasteiger partial charge < -0.3 is 10.4 Å². The van der Waals surface area contributed by atoms with Crippen molar-refractivity contribution in [2.24, 2.45) is 5.92 Å². The zero-order valence-corrected chi connectivity index (χ0v) is 12.0. The van der Waals surface area contributed by atoms with Gasteiger partial charge in [0.15, 0.2) is 0 Å². The maximum Gasteiger partial charge on any atom is 0.324 e. The third kappa shape index (κ3) is 3.58. The first kappa shape index (κ1) is 15.4. The minimum absolute atomic E-state index is 0.178. The fourth-order valence-corrected chi connectivity index (χ4v) is 2.37. The molecule has 1 aromatic rings. The summed E-state index contributed by atoms with van der Waals surface area (Å²) in [5.74, 6) is -0.544. The molecule has 6 heteroatoms. The van der Waals surface area contributed by atoms with Crippen molar-refractivity contribution in [3.63, 3.8) is 0 Å². The van der Waals surface area contributed by atoms with Crippen LogP contribution in [-0.2, 0) is 4.79 Å². The first-order chi connectivity index (χ1) is 9.88. The standard InChI is InChI=1S/C15H19FN2O3/c1-9(2)6-12-14(20)18(15(21)17-12)8-13(19)10-4-3-5-11(16)7-10/h3-5,7,9,12-13,19H,6,8H2,1-2H3,(H,17,21). The average molecular weight is 294 g/mol. The molecular formula is C15H19FN2O3. The van der Waals surface area contributed by atoms with Gasteiger partial charge in [-0.3, -0.25) is 9.69 Å². The molecule has 1 saturated heterocycles. The Morgan fingerprint density at radius 2 is 2.10 bits per heavy atom. The van der Waals surface area contributed by atoms with Gasteiger partial charge in [-0.2, -0.15) is 0 Å². The SMILES string of the molecule is CC(C)CC1NC(=O)N(CC(O)c2cccc(F)c2)C1=O. The summed E-state index contributed by atoms with van der Waals surface area (Å²) in [6.07, 6.45) is -0.551. The lowest BCUT2D eigenvalue weighted by Crippen LogP contribution is -2.35. The van der Waals surface area contributed by atoms with Crippen LogP contribution < -0.4 is 5.32 Å². The monoisotopic (exact) mass is 294 g/mol. The molecule has 2 atom stereocenters. The van der Waals surface area contributed by atoms with Gasteiger partial charge in [0.1, 0.15) is 11.9 Å².